The summed E-state index contributed by atoms with van der Waals surface area (Å²) >= 11 is 0. The largest absolute Gasteiger partial charge is 0.312 e. The van der Waals surface area contributed by atoms with Gasteiger partial charge in [-0.15, -0.1) is 5.10 Å². The molecule has 1 saturated carbocycles. The molecule has 1 aliphatic carbocycles. The lowest BCUT2D eigenvalue weighted by Crippen LogP contribution is -2.37. The summed E-state index contributed by atoms with van der Waals surface area (Å²) in [5.74, 6) is 0.858. The lowest BCUT2D eigenvalue weighted by atomic mass is 9.87. The van der Waals surface area contributed by atoms with Gasteiger partial charge in [-0.3, -0.25) is 4.79 Å². The highest BCUT2D eigenvalue weighted by Crippen LogP contribution is 2.23. The normalized spacial score (nSPS) is 22.5. The first-order valence-electron chi connectivity index (χ1n) is 7.80. The van der Waals surface area contributed by atoms with Gasteiger partial charge in [0.2, 0.25) is 0 Å². The Morgan fingerprint density at radius 2 is 2.00 bits per heavy atom. The van der Waals surface area contributed by atoms with Crippen molar-refractivity contribution in [3.8, 4) is 0 Å². The highest BCUT2D eigenvalue weighted by molar-refractivity contribution is 5.76. The number of aromatic nitrogens is 3. The monoisotopic (exact) mass is 286 g/mol. The Morgan fingerprint density at radius 1 is 1.24 bits per heavy atom. The topological polar surface area (TPSA) is 59.8 Å². The van der Waals surface area contributed by atoms with Gasteiger partial charge in [0, 0.05) is 12.6 Å². The van der Waals surface area contributed by atoms with Crippen LogP contribution in [-0.4, -0.2) is 27.6 Å². The molecule has 21 heavy (non-hydrogen) atoms. The molecule has 0 bridgehead atoms. The maximum atomic E-state index is 12.3. The van der Waals surface area contributed by atoms with Crippen molar-refractivity contribution >= 4 is 10.9 Å². The van der Waals surface area contributed by atoms with E-state index < -0.39 is 0 Å². The predicted octanol–water partition coefficient (Wildman–Crippen LogP) is 1.96. The zero-order chi connectivity index (χ0) is 14.7. The van der Waals surface area contributed by atoms with Crippen molar-refractivity contribution in [2.45, 2.75) is 45.2 Å². The van der Waals surface area contributed by atoms with Crippen molar-refractivity contribution in [3.63, 3.8) is 0 Å². The van der Waals surface area contributed by atoms with Gasteiger partial charge in [0.1, 0.15) is 5.52 Å². The number of nitrogens with one attached hydrogen (secondary N) is 1. The molecule has 1 fully saturated rings. The van der Waals surface area contributed by atoms with Crippen LogP contribution in [0.15, 0.2) is 29.1 Å². The minimum atomic E-state index is -0.0559. The van der Waals surface area contributed by atoms with Gasteiger partial charge in [0.05, 0.1) is 11.9 Å². The van der Waals surface area contributed by atoms with E-state index in [2.05, 4.69) is 22.6 Å². The van der Waals surface area contributed by atoms with Crippen LogP contribution in [-0.2, 0) is 6.54 Å². The fraction of sp³-hybridized carbons (Fsp3) is 0.562. The fourth-order valence-electron chi connectivity index (χ4n) is 3.01. The van der Waals surface area contributed by atoms with Crippen LogP contribution in [0.25, 0.3) is 10.9 Å². The molecule has 1 aromatic carbocycles. The van der Waals surface area contributed by atoms with Crippen molar-refractivity contribution in [2.24, 2.45) is 5.92 Å². The van der Waals surface area contributed by atoms with Crippen molar-refractivity contribution in [1.82, 2.24) is 20.3 Å². The van der Waals surface area contributed by atoms with E-state index in [1.165, 1.54) is 30.4 Å². The third-order valence-corrected chi connectivity index (χ3v) is 4.40. The molecule has 112 valence electrons. The molecule has 0 saturated heterocycles. The number of hydrogen-bond donors (Lipinski definition) is 1. The third-order valence-electron chi connectivity index (χ3n) is 4.40. The maximum absolute atomic E-state index is 12.3. The number of benzene rings is 1. The number of rotatable bonds is 4. The second-order valence-electron chi connectivity index (χ2n) is 6.05. The van der Waals surface area contributed by atoms with E-state index in [1.807, 2.05) is 18.2 Å². The van der Waals surface area contributed by atoms with Gasteiger partial charge >= 0.3 is 0 Å². The van der Waals surface area contributed by atoms with Crippen LogP contribution >= 0.6 is 0 Å². The fourth-order valence-corrected chi connectivity index (χ4v) is 3.01. The van der Waals surface area contributed by atoms with Gasteiger partial charge < -0.3 is 5.32 Å². The molecule has 1 heterocycles. The average Bonchev–Trinajstić information content (AvgIpc) is 2.52. The van der Waals surface area contributed by atoms with Crippen molar-refractivity contribution in [2.75, 3.05) is 6.54 Å². The minimum Gasteiger partial charge on any atom is -0.312 e. The molecule has 0 atom stereocenters. The zero-order valence-corrected chi connectivity index (χ0v) is 12.5. The maximum Gasteiger partial charge on any atom is 0.277 e. The van der Waals surface area contributed by atoms with Crippen LogP contribution in [0.4, 0.5) is 0 Å². The zero-order valence-electron chi connectivity index (χ0n) is 12.5. The van der Waals surface area contributed by atoms with E-state index in [0.29, 0.717) is 23.5 Å². The van der Waals surface area contributed by atoms with Gasteiger partial charge in [-0.25, -0.2) is 4.68 Å². The van der Waals surface area contributed by atoms with E-state index in [9.17, 15) is 4.79 Å². The summed E-state index contributed by atoms with van der Waals surface area (Å²) in [4.78, 5) is 12.3. The number of hydrogen-bond acceptors (Lipinski definition) is 4. The molecule has 2 aromatic rings. The molecule has 5 heteroatoms. The number of nitrogens with zero attached hydrogens (tertiary/aromatic N) is 3. The molecule has 1 N–H and O–H groups in total. The first-order chi connectivity index (χ1) is 10.2. The lowest BCUT2D eigenvalue weighted by molar-refractivity contribution is 0.303. The van der Waals surface area contributed by atoms with Crippen LogP contribution in [0.2, 0.25) is 0 Å². The molecule has 0 radical (unpaired) electrons. The summed E-state index contributed by atoms with van der Waals surface area (Å²) in [6, 6.07) is 7.93. The van der Waals surface area contributed by atoms with E-state index >= 15 is 0 Å². The van der Waals surface area contributed by atoms with E-state index in [4.69, 9.17) is 0 Å². The van der Waals surface area contributed by atoms with Gasteiger partial charge in [0.25, 0.3) is 5.56 Å². The molecule has 0 amide bonds. The predicted molar refractivity (Wildman–Crippen MR) is 83.2 cm³/mol. The summed E-state index contributed by atoms with van der Waals surface area (Å²) in [5, 5.41) is 12.3. The van der Waals surface area contributed by atoms with Crippen molar-refractivity contribution in [3.05, 3.63) is 34.6 Å². The highest BCUT2D eigenvalue weighted by Gasteiger charge is 2.17. The average molecular weight is 286 g/mol. The van der Waals surface area contributed by atoms with E-state index in [1.54, 1.807) is 6.07 Å². The lowest BCUT2D eigenvalue weighted by Gasteiger charge is -2.27. The minimum absolute atomic E-state index is 0.0559. The summed E-state index contributed by atoms with van der Waals surface area (Å²) in [5.41, 5.74) is 0.604. The van der Waals surface area contributed by atoms with E-state index in [-0.39, 0.29) is 5.56 Å². The Balaban J connectivity index is 1.61. The molecule has 0 aliphatic heterocycles. The molecule has 0 spiro atoms. The van der Waals surface area contributed by atoms with Crippen LogP contribution in [0, 0.1) is 5.92 Å². The smallest absolute Gasteiger partial charge is 0.277 e. The van der Waals surface area contributed by atoms with Gasteiger partial charge in [-0.05, 0) is 43.7 Å². The van der Waals surface area contributed by atoms with Gasteiger partial charge in [0.15, 0.2) is 0 Å². The standard InChI is InChI=1S/C16H22N4O/c1-12-6-8-13(9-7-12)17-10-11-20-16(21)14-4-2-3-5-15(14)18-19-20/h2-5,12-13,17H,6-11H2,1H3. The summed E-state index contributed by atoms with van der Waals surface area (Å²) < 4.78 is 1.46. The first kappa shape index (κ1) is 14.2. The third kappa shape index (κ3) is 3.29. The van der Waals surface area contributed by atoms with Crippen molar-refractivity contribution < 1.29 is 0 Å². The second-order valence-corrected chi connectivity index (χ2v) is 6.05. The molecule has 1 aromatic heterocycles. The van der Waals surface area contributed by atoms with Crippen LogP contribution in [0.1, 0.15) is 32.6 Å². The molecule has 0 unspecified atom stereocenters. The quantitative estimate of drug-likeness (QED) is 0.933. The number of fused-ring (bicyclic) bond motifs is 1. The molecule has 1 aliphatic rings. The Labute approximate surface area is 124 Å². The molecule has 5 nitrogen and oxygen atoms in total. The van der Waals surface area contributed by atoms with Crippen LogP contribution < -0.4 is 10.9 Å². The second kappa shape index (κ2) is 6.35. The van der Waals surface area contributed by atoms with Crippen LogP contribution in [0.5, 0.6) is 0 Å². The SMILES string of the molecule is CC1CCC(NCCn2nnc3ccccc3c2=O)CC1. The first-order valence-corrected chi connectivity index (χ1v) is 7.80. The molecular formula is C16H22N4O. The molecular weight excluding hydrogens is 264 g/mol. The van der Waals surface area contributed by atoms with Gasteiger partial charge in [-0.2, -0.15) is 0 Å². The Hall–Kier alpha value is -1.75. The Bertz CT molecular complexity index is 659. The Morgan fingerprint density at radius 3 is 2.81 bits per heavy atom. The molecule has 3 rings (SSSR count). The van der Waals surface area contributed by atoms with Crippen LogP contribution in [0.3, 0.4) is 0 Å². The highest BCUT2D eigenvalue weighted by atomic mass is 16.1. The summed E-state index contributed by atoms with van der Waals surface area (Å²) in [6.07, 6.45) is 5.07. The summed E-state index contributed by atoms with van der Waals surface area (Å²) in [6.45, 7) is 3.66. The Kier molecular flexibility index (Phi) is 4.29. The van der Waals surface area contributed by atoms with Crippen molar-refractivity contribution in [1.29, 1.82) is 0 Å². The summed E-state index contributed by atoms with van der Waals surface area (Å²) in [7, 11) is 0. The van der Waals surface area contributed by atoms with E-state index in [0.717, 1.165) is 12.5 Å². The van der Waals surface area contributed by atoms with Gasteiger partial charge in [-0.1, -0.05) is 24.3 Å².